The average molecular weight is 524 g/mol. The zero-order chi connectivity index (χ0) is 23.7. The molecule has 2 rings (SSSR count). The Hall–Kier alpha value is -2.39. The van der Waals surface area contributed by atoms with Gasteiger partial charge in [-0.05, 0) is 42.7 Å². The largest absolute Gasteiger partial charge is 0.354 e. The van der Waals surface area contributed by atoms with Crippen molar-refractivity contribution in [3.63, 3.8) is 0 Å². The second-order valence-electron chi connectivity index (χ2n) is 7.47. The molecule has 0 saturated carbocycles. The molecule has 2 aromatic rings. The summed E-state index contributed by atoms with van der Waals surface area (Å²) >= 11 is 3.33. The van der Waals surface area contributed by atoms with E-state index in [1.165, 1.54) is 4.90 Å². The van der Waals surface area contributed by atoms with Crippen LogP contribution in [-0.2, 0) is 26.2 Å². The molecular formula is C23H30BrN3O4S. The van der Waals surface area contributed by atoms with Crippen LogP contribution in [0.4, 0.5) is 5.69 Å². The van der Waals surface area contributed by atoms with Crippen LogP contribution in [0.3, 0.4) is 0 Å². The SMILES string of the molecule is CCCNC(=O)[C@H](CC)N(Cc1ccccc1)C(=O)CN(c1ccc(Br)cc1)S(C)(=O)=O. The van der Waals surface area contributed by atoms with E-state index in [0.717, 1.165) is 27.0 Å². The molecule has 32 heavy (non-hydrogen) atoms. The molecule has 0 saturated heterocycles. The Labute approximate surface area is 199 Å². The van der Waals surface area contributed by atoms with E-state index < -0.39 is 28.5 Å². The van der Waals surface area contributed by atoms with Crippen molar-refractivity contribution in [1.82, 2.24) is 10.2 Å². The number of nitrogens with zero attached hydrogens (tertiary/aromatic N) is 2. The van der Waals surface area contributed by atoms with E-state index in [4.69, 9.17) is 0 Å². The lowest BCUT2D eigenvalue weighted by atomic mass is 10.1. The van der Waals surface area contributed by atoms with Crippen LogP contribution in [0.1, 0.15) is 32.3 Å². The topological polar surface area (TPSA) is 86.8 Å². The highest BCUT2D eigenvalue weighted by Crippen LogP contribution is 2.22. The van der Waals surface area contributed by atoms with Gasteiger partial charge in [-0.25, -0.2) is 8.42 Å². The molecule has 7 nitrogen and oxygen atoms in total. The number of sulfonamides is 1. The van der Waals surface area contributed by atoms with Crippen molar-refractivity contribution in [3.05, 3.63) is 64.6 Å². The smallest absolute Gasteiger partial charge is 0.244 e. The highest BCUT2D eigenvalue weighted by Gasteiger charge is 2.31. The average Bonchev–Trinajstić information content (AvgIpc) is 2.76. The highest BCUT2D eigenvalue weighted by molar-refractivity contribution is 9.10. The van der Waals surface area contributed by atoms with Gasteiger partial charge in [-0.15, -0.1) is 0 Å². The second kappa shape index (κ2) is 12.0. The van der Waals surface area contributed by atoms with Gasteiger partial charge >= 0.3 is 0 Å². The normalized spacial score (nSPS) is 12.1. The number of halogens is 1. The van der Waals surface area contributed by atoms with Crippen molar-refractivity contribution in [2.75, 3.05) is 23.7 Å². The fourth-order valence-electron chi connectivity index (χ4n) is 3.29. The first-order valence-corrected chi connectivity index (χ1v) is 13.2. The molecule has 0 unspecified atom stereocenters. The van der Waals surface area contributed by atoms with Crippen LogP contribution >= 0.6 is 15.9 Å². The maximum Gasteiger partial charge on any atom is 0.244 e. The molecule has 0 heterocycles. The van der Waals surface area contributed by atoms with Gasteiger partial charge in [0, 0.05) is 17.6 Å². The number of hydrogen-bond donors (Lipinski definition) is 1. The molecule has 1 atom stereocenters. The van der Waals surface area contributed by atoms with Crippen molar-refractivity contribution in [1.29, 1.82) is 0 Å². The molecule has 2 amide bonds. The number of carbonyl (C=O) groups excluding carboxylic acids is 2. The zero-order valence-corrected chi connectivity index (χ0v) is 21.0. The third-order valence-corrected chi connectivity index (χ3v) is 6.59. The van der Waals surface area contributed by atoms with Crippen LogP contribution in [0.5, 0.6) is 0 Å². The number of anilines is 1. The summed E-state index contributed by atoms with van der Waals surface area (Å²) in [6.07, 6.45) is 2.25. The summed E-state index contributed by atoms with van der Waals surface area (Å²) in [6.45, 7) is 4.11. The Morgan fingerprint density at radius 1 is 1.03 bits per heavy atom. The summed E-state index contributed by atoms with van der Waals surface area (Å²) in [5.74, 6) is -0.686. The lowest BCUT2D eigenvalue weighted by Gasteiger charge is -2.32. The number of carbonyl (C=O) groups is 2. The maximum absolute atomic E-state index is 13.5. The summed E-state index contributed by atoms with van der Waals surface area (Å²) in [4.78, 5) is 27.7. The summed E-state index contributed by atoms with van der Waals surface area (Å²) in [7, 11) is -3.73. The van der Waals surface area contributed by atoms with Gasteiger partial charge < -0.3 is 10.2 Å². The van der Waals surface area contributed by atoms with Gasteiger partial charge in [-0.2, -0.15) is 0 Å². The number of hydrogen-bond acceptors (Lipinski definition) is 4. The van der Waals surface area contributed by atoms with E-state index in [2.05, 4.69) is 21.2 Å². The van der Waals surface area contributed by atoms with Crippen molar-refractivity contribution >= 4 is 43.5 Å². The molecular weight excluding hydrogens is 494 g/mol. The monoisotopic (exact) mass is 523 g/mol. The van der Waals surface area contributed by atoms with Gasteiger partial charge in [0.15, 0.2) is 0 Å². The molecule has 1 N–H and O–H groups in total. The fraction of sp³-hybridized carbons (Fsp3) is 0.391. The van der Waals surface area contributed by atoms with Gasteiger partial charge in [-0.3, -0.25) is 13.9 Å². The van der Waals surface area contributed by atoms with Gasteiger partial charge in [0.05, 0.1) is 11.9 Å². The third-order valence-electron chi connectivity index (χ3n) is 4.92. The molecule has 0 aliphatic carbocycles. The zero-order valence-electron chi connectivity index (χ0n) is 18.6. The van der Waals surface area contributed by atoms with Crippen molar-refractivity contribution < 1.29 is 18.0 Å². The van der Waals surface area contributed by atoms with Crippen LogP contribution in [0.25, 0.3) is 0 Å². The van der Waals surface area contributed by atoms with Crippen molar-refractivity contribution in [3.8, 4) is 0 Å². The van der Waals surface area contributed by atoms with Crippen LogP contribution in [0.15, 0.2) is 59.1 Å². The first-order chi connectivity index (χ1) is 15.2. The lowest BCUT2D eigenvalue weighted by Crippen LogP contribution is -2.52. The quantitative estimate of drug-likeness (QED) is 0.487. The van der Waals surface area contributed by atoms with E-state index in [1.54, 1.807) is 24.3 Å². The maximum atomic E-state index is 13.5. The fourth-order valence-corrected chi connectivity index (χ4v) is 4.40. The minimum atomic E-state index is -3.73. The van der Waals surface area contributed by atoms with Crippen LogP contribution < -0.4 is 9.62 Å². The van der Waals surface area contributed by atoms with Crippen LogP contribution in [0, 0.1) is 0 Å². The van der Waals surface area contributed by atoms with Gasteiger partial charge in [-0.1, -0.05) is 60.1 Å². The highest BCUT2D eigenvalue weighted by atomic mass is 79.9. The minimum Gasteiger partial charge on any atom is -0.354 e. The number of rotatable bonds is 11. The predicted molar refractivity (Wildman–Crippen MR) is 131 cm³/mol. The van der Waals surface area contributed by atoms with Crippen LogP contribution in [0.2, 0.25) is 0 Å². The summed E-state index contributed by atoms with van der Waals surface area (Å²) in [5.41, 5.74) is 1.24. The van der Waals surface area contributed by atoms with Crippen LogP contribution in [-0.4, -0.2) is 50.5 Å². The Bertz CT molecular complexity index is 998. The molecule has 174 valence electrons. The summed E-state index contributed by atoms with van der Waals surface area (Å²) in [6, 6.07) is 15.3. The molecule has 0 aliphatic rings. The molecule has 9 heteroatoms. The Morgan fingerprint density at radius 3 is 2.19 bits per heavy atom. The van der Waals surface area contributed by atoms with Gasteiger partial charge in [0.2, 0.25) is 21.8 Å². The Kier molecular flexibility index (Phi) is 9.71. The first kappa shape index (κ1) is 25.9. The second-order valence-corrected chi connectivity index (χ2v) is 10.3. The number of amides is 2. The van der Waals surface area contributed by atoms with E-state index in [1.807, 2.05) is 44.2 Å². The minimum absolute atomic E-state index is 0.204. The van der Waals surface area contributed by atoms with Crippen molar-refractivity contribution in [2.24, 2.45) is 0 Å². The number of nitrogens with one attached hydrogen (secondary N) is 1. The van der Waals surface area contributed by atoms with Gasteiger partial charge in [0.25, 0.3) is 0 Å². The standard InChI is InChI=1S/C23H30BrN3O4S/c1-4-15-25-23(29)21(5-2)26(16-18-9-7-6-8-10-18)22(28)17-27(32(3,30)31)20-13-11-19(24)12-14-20/h6-14,21H,4-5,15-17H2,1-3H3,(H,25,29)/t21-/m0/s1. The first-order valence-electron chi connectivity index (χ1n) is 10.5. The molecule has 2 aromatic carbocycles. The predicted octanol–water partition coefficient (Wildman–Crippen LogP) is 3.55. The molecule has 0 bridgehead atoms. The van der Waals surface area contributed by atoms with Crippen molar-refractivity contribution in [2.45, 2.75) is 39.3 Å². The third kappa shape index (κ3) is 7.34. The molecule has 0 aromatic heterocycles. The molecule has 0 aliphatic heterocycles. The van der Waals surface area contributed by atoms with E-state index in [-0.39, 0.29) is 12.5 Å². The van der Waals surface area contributed by atoms with E-state index in [0.29, 0.717) is 18.7 Å². The summed E-state index contributed by atoms with van der Waals surface area (Å²) < 4.78 is 26.9. The Balaban J connectivity index is 2.38. The van der Waals surface area contributed by atoms with Gasteiger partial charge in [0.1, 0.15) is 12.6 Å². The lowest BCUT2D eigenvalue weighted by molar-refractivity contribution is -0.140. The Morgan fingerprint density at radius 2 is 1.66 bits per heavy atom. The molecule has 0 radical (unpaired) electrons. The number of benzene rings is 2. The summed E-state index contributed by atoms with van der Waals surface area (Å²) in [5, 5.41) is 2.86. The van der Waals surface area contributed by atoms with E-state index >= 15 is 0 Å². The molecule has 0 spiro atoms. The van der Waals surface area contributed by atoms with E-state index in [9.17, 15) is 18.0 Å². The molecule has 0 fully saturated rings.